The molecule has 1 amide bonds. The minimum Gasteiger partial charge on any atom is -0.478 e. The van der Waals surface area contributed by atoms with Crippen LogP contribution >= 0.6 is 0 Å². The first-order valence-corrected chi connectivity index (χ1v) is 5.37. The van der Waals surface area contributed by atoms with E-state index >= 15 is 0 Å². The van der Waals surface area contributed by atoms with Gasteiger partial charge in [0.2, 0.25) is 5.91 Å². The Labute approximate surface area is 89.4 Å². The smallest absolute Gasteiger partial charge is 0.329 e. The predicted molar refractivity (Wildman–Crippen MR) is 56.1 cm³/mol. The molecule has 0 spiro atoms. The fourth-order valence-electron chi connectivity index (χ4n) is 1.91. The Hall–Kier alpha value is -1.32. The Kier molecular flexibility index (Phi) is 4.87. The molecule has 0 atom stereocenters. The van der Waals surface area contributed by atoms with Gasteiger partial charge in [-0.05, 0) is 12.3 Å². The van der Waals surface area contributed by atoms with E-state index in [9.17, 15) is 9.59 Å². The van der Waals surface area contributed by atoms with Gasteiger partial charge < -0.3 is 10.4 Å². The Balaban J connectivity index is 2.10. The van der Waals surface area contributed by atoms with Crippen molar-refractivity contribution in [2.75, 3.05) is 0 Å². The van der Waals surface area contributed by atoms with Gasteiger partial charge in [0.25, 0.3) is 0 Å². The highest BCUT2D eigenvalue weighted by Crippen LogP contribution is 2.28. The Morgan fingerprint density at radius 3 is 2.60 bits per heavy atom. The predicted octanol–water partition coefficient (Wildman–Crippen LogP) is 1.67. The molecule has 0 radical (unpaired) electrons. The lowest BCUT2D eigenvalue weighted by atomic mass is 10.0. The van der Waals surface area contributed by atoms with Crippen molar-refractivity contribution in [3.8, 4) is 0 Å². The molecule has 1 saturated carbocycles. The number of nitrogens with one attached hydrogen (secondary N) is 1. The number of amides is 1. The standard InChI is InChI=1S/C11H17NO3/c13-10(12-8-7-11(14)15)6-5-9-3-1-2-4-9/h7-9H,1-6H2,(H,12,13)(H,14,15). The van der Waals surface area contributed by atoms with Crippen LogP contribution in [0, 0.1) is 5.92 Å². The summed E-state index contributed by atoms with van der Waals surface area (Å²) in [6.07, 6.45) is 8.56. The number of aliphatic carboxylic acids is 1. The highest BCUT2D eigenvalue weighted by Gasteiger charge is 2.15. The van der Waals surface area contributed by atoms with Gasteiger partial charge in [0.05, 0.1) is 0 Å². The van der Waals surface area contributed by atoms with Gasteiger partial charge in [-0.25, -0.2) is 4.79 Å². The summed E-state index contributed by atoms with van der Waals surface area (Å²) in [5.41, 5.74) is 0. The quantitative estimate of drug-likeness (QED) is 0.680. The molecule has 1 fully saturated rings. The third-order valence-corrected chi connectivity index (χ3v) is 2.72. The number of carbonyl (C=O) groups excluding carboxylic acids is 1. The molecule has 0 aromatic rings. The average Bonchev–Trinajstić information content (AvgIpc) is 2.66. The summed E-state index contributed by atoms with van der Waals surface area (Å²) < 4.78 is 0. The first kappa shape index (κ1) is 11.8. The van der Waals surface area contributed by atoms with Crippen LogP contribution in [-0.2, 0) is 9.59 Å². The van der Waals surface area contributed by atoms with E-state index in [2.05, 4.69) is 5.32 Å². The summed E-state index contributed by atoms with van der Waals surface area (Å²) in [5.74, 6) is -0.454. The molecule has 1 aliphatic rings. The largest absolute Gasteiger partial charge is 0.478 e. The number of carboxylic acid groups (broad SMARTS) is 1. The summed E-state index contributed by atoms with van der Waals surface area (Å²) in [4.78, 5) is 21.3. The Morgan fingerprint density at radius 2 is 2.00 bits per heavy atom. The van der Waals surface area contributed by atoms with E-state index in [0.29, 0.717) is 12.3 Å². The van der Waals surface area contributed by atoms with Crippen molar-refractivity contribution in [1.82, 2.24) is 5.32 Å². The molecule has 0 aliphatic heterocycles. The minimum absolute atomic E-state index is 0.0978. The van der Waals surface area contributed by atoms with Gasteiger partial charge in [-0.2, -0.15) is 0 Å². The van der Waals surface area contributed by atoms with Crippen LogP contribution in [0.1, 0.15) is 38.5 Å². The number of carbonyl (C=O) groups is 2. The van der Waals surface area contributed by atoms with E-state index in [1.54, 1.807) is 0 Å². The monoisotopic (exact) mass is 211 g/mol. The molecule has 1 rings (SSSR count). The van der Waals surface area contributed by atoms with Gasteiger partial charge in [-0.3, -0.25) is 4.79 Å². The third kappa shape index (κ3) is 5.20. The van der Waals surface area contributed by atoms with Crippen LogP contribution in [0.3, 0.4) is 0 Å². The zero-order valence-electron chi connectivity index (χ0n) is 8.74. The normalized spacial score (nSPS) is 17.1. The van der Waals surface area contributed by atoms with Crippen molar-refractivity contribution < 1.29 is 14.7 Å². The number of hydrogen-bond donors (Lipinski definition) is 2. The summed E-state index contributed by atoms with van der Waals surface area (Å²) in [6.45, 7) is 0. The van der Waals surface area contributed by atoms with Gasteiger partial charge >= 0.3 is 5.97 Å². The molecule has 0 saturated heterocycles. The zero-order valence-corrected chi connectivity index (χ0v) is 8.74. The molecule has 15 heavy (non-hydrogen) atoms. The van der Waals surface area contributed by atoms with Crippen molar-refractivity contribution in [2.45, 2.75) is 38.5 Å². The van der Waals surface area contributed by atoms with Crippen molar-refractivity contribution in [3.63, 3.8) is 0 Å². The molecule has 0 aromatic heterocycles. The van der Waals surface area contributed by atoms with Crippen molar-refractivity contribution in [3.05, 3.63) is 12.3 Å². The van der Waals surface area contributed by atoms with E-state index < -0.39 is 5.97 Å². The van der Waals surface area contributed by atoms with E-state index in [4.69, 9.17) is 5.11 Å². The molecule has 0 bridgehead atoms. The number of carboxylic acids is 1. The first-order chi connectivity index (χ1) is 7.18. The van der Waals surface area contributed by atoms with Gasteiger partial charge in [-0.1, -0.05) is 25.7 Å². The zero-order chi connectivity index (χ0) is 11.1. The molecule has 84 valence electrons. The fourth-order valence-corrected chi connectivity index (χ4v) is 1.91. The van der Waals surface area contributed by atoms with Crippen LogP contribution in [0.15, 0.2) is 12.3 Å². The average molecular weight is 211 g/mol. The molecule has 0 aromatic carbocycles. The molecular formula is C11H17NO3. The van der Waals surface area contributed by atoms with Crippen molar-refractivity contribution in [2.24, 2.45) is 5.92 Å². The molecule has 0 unspecified atom stereocenters. The lowest BCUT2D eigenvalue weighted by Crippen LogP contribution is -2.17. The van der Waals surface area contributed by atoms with Gasteiger partial charge in [0.15, 0.2) is 0 Å². The van der Waals surface area contributed by atoms with E-state index in [-0.39, 0.29) is 5.91 Å². The number of rotatable bonds is 5. The maximum atomic E-state index is 11.2. The van der Waals surface area contributed by atoms with E-state index in [1.807, 2.05) is 0 Å². The van der Waals surface area contributed by atoms with Gasteiger partial charge in [0.1, 0.15) is 0 Å². The second-order valence-corrected chi connectivity index (χ2v) is 3.93. The SMILES string of the molecule is O=C(O)C=CNC(=O)CCC1CCCC1. The van der Waals surface area contributed by atoms with Crippen molar-refractivity contribution >= 4 is 11.9 Å². The Bertz CT molecular complexity index is 255. The summed E-state index contributed by atoms with van der Waals surface area (Å²) in [6, 6.07) is 0. The summed E-state index contributed by atoms with van der Waals surface area (Å²) in [5, 5.41) is 10.7. The lowest BCUT2D eigenvalue weighted by molar-refractivity contribution is -0.131. The molecule has 4 heteroatoms. The van der Waals surface area contributed by atoms with Crippen LogP contribution in [0.25, 0.3) is 0 Å². The number of hydrogen-bond acceptors (Lipinski definition) is 2. The Morgan fingerprint density at radius 1 is 1.33 bits per heavy atom. The van der Waals surface area contributed by atoms with E-state index in [1.165, 1.54) is 31.9 Å². The van der Waals surface area contributed by atoms with Crippen LogP contribution in [0.2, 0.25) is 0 Å². The maximum Gasteiger partial charge on any atom is 0.329 e. The highest BCUT2D eigenvalue weighted by molar-refractivity contribution is 5.82. The second-order valence-electron chi connectivity index (χ2n) is 3.93. The van der Waals surface area contributed by atoms with Crippen molar-refractivity contribution in [1.29, 1.82) is 0 Å². The highest BCUT2D eigenvalue weighted by atomic mass is 16.4. The van der Waals surface area contributed by atoms with Gasteiger partial charge in [-0.15, -0.1) is 0 Å². The second kappa shape index (κ2) is 6.22. The third-order valence-electron chi connectivity index (χ3n) is 2.72. The van der Waals surface area contributed by atoms with Crippen LogP contribution in [-0.4, -0.2) is 17.0 Å². The fraction of sp³-hybridized carbons (Fsp3) is 0.636. The molecular weight excluding hydrogens is 194 g/mol. The summed E-state index contributed by atoms with van der Waals surface area (Å²) in [7, 11) is 0. The van der Waals surface area contributed by atoms with Crippen LogP contribution < -0.4 is 5.32 Å². The molecule has 4 nitrogen and oxygen atoms in total. The molecule has 1 aliphatic carbocycles. The summed E-state index contributed by atoms with van der Waals surface area (Å²) >= 11 is 0. The van der Waals surface area contributed by atoms with Crippen LogP contribution in [0.5, 0.6) is 0 Å². The first-order valence-electron chi connectivity index (χ1n) is 5.37. The maximum absolute atomic E-state index is 11.2. The lowest BCUT2D eigenvalue weighted by Gasteiger charge is -2.06. The van der Waals surface area contributed by atoms with Gasteiger partial charge in [0, 0.05) is 18.7 Å². The van der Waals surface area contributed by atoms with Crippen LogP contribution in [0.4, 0.5) is 0 Å². The molecule has 2 N–H and O–H groups in total. The topological polar surface area (TPSA) is 66.4 Å². The molecule has 0 heterocycles. The van der Waals surface area contributed by atoms with E-state index in [0.717, 1.165) is 12.5 Å². The minimum atomic E-state index is -1.05.